The fraction of sp³-hybridized carbons (Fsp3) is 0.381. The summed E-state index contributed by atoms with van der Waals surface area (Å²) in [7, 11) is -3.19. The van der Waals surface area contributed by atoms with Crippen LogP contribution in [0.15, 0.2) is 58.4 Å². The van der Waals surface area contributed by atoms with E-state index in [1.807, 2.05) is 44.2 Å². The molecule has 0 bridgehead atoms. The Morgan fingerprint density at radius 3 is 2.38 bits per heavy atom. The van der Waals surface area contributed by atoms with Gasteiger partial charge in [0.2, 0.25) is 0 Å². The molecule has 0 fully saturated rings. The van der Waals surface area contributed by atoms with Crippen LogP contribution in [0.3, 0.4) is 0 Å². The van der Waals surface area contributed by atoms with Gasteiger partial charge in [-0.05, 0) is 49.6 Å². The SMILES string of the molecule is CCNC(=NCc1ccc(S(C)(=O)=O)c(C)c1)NCCCNc1ccccc1.I. The first-order valence-corrected chi connectivity index (χ1v) is 11.4. The van der Waals surface area contributed by atoms with E-state index in [-0.39, 0.29) is 24.0 Å². The van der Waals surface area contributed by atoms with Crippen molar-refractivity contribution in [2.75, 3.05) is 31.2 Å². The predicted octanol–water partition coefficient (Wildman–Crippen LogP) is 3.57. The van der Waals surface area contributed by atoms with Crippen molar-refractivity contribution in [2.45, 2.75) is 31.7 Å². The number of aryl methyl sites for hydroxylation is 1. The Bertz CT molecular complexity index is 887. The molecule has 2 aromatic carbocycles. The number of aliphatic imine (C=N–C) groups is 1. The largest absolute Gasteiger partial charge is 0.385 e. The molecule has 0 saturated heterocycles. The molecule has 2 rings (SSSR count). The highest BCUT2D eigenvalue weighted by molar-refractivity contribution is 14.0. The van der Waals surface area contributed by atoms with Crippen LogP contribution >= 0.6 is 24.0 Å². The van der Waals surface area contributed by atoms with Crippen LogP contribution in [0.25, 0.3) is 0 Å². The summed E-state index contributed by atoms with van der Waals surface area (Å²) in [5.41, 5.74) is 2.85. The third-order valence-corrected chi connectivity index (χ3v) is 5.41. The van der Waals surface area contributed by atoms with Crippen molar-refractivity contribution in [1.29, 1.82) is 0 Å². The number of guanidine groups is 1. The van der Waals surface area contributed by atoms with E-state index >= 15 is 0 Å². The Balaban J connectivity index is 0.00000420. The molecule has 0 unspecified atom stereocenters. The van der Waals surface area contributed by atoms with E-state index in [1.165, 1.54) is 6.26 Å². The first kappa shape index (κ1) is 25.2. The first-order valence-electron chi connectivity index (χ1n) is 9.51. The normalized spacial score (nSPS) is 11.5. The summed E-state index contributed by atoms with van der Waals surface area (Å²) in [5.74, 6) is 0.757. The minimum atomic E-state index is -3.19. The lowest BCUT2D eigenvalue weighted by atomic mass is 10.1. The van der Waals surface area contributed by atoms with Crippen LogP contribution in [-0.2, 0) is 16.4 Å². The lowest BCUT2D eigenvalue weighted by molar-refractivity contribution is 0.601. The lowest BCUT2D eigenvalue weighted by Gasteiger charge is -2.12. The highest BCUT2D eigenvalue weighted by atomic mass is 127. The zero-order valence-corrected chi connectivity index (χ0v) is 20.4. The minimum absolute atomic E-state index is 0. The van der Waals surface area contributed by atoms with Gasteiger partial charge in [0.1, 0.15) is 0 Å². The molecule has 0 radical (unpaired) electrons. The summed E-state index contributed by atoms with van der Waals surface area (Å²) in [6.45, 7) is 6.79. The molecule has 160 valence electrons. The standard InChI is InChI=1S/C21H30N4O2S.HI/c1-4-22-21(24-14-8-13-23-19-9-6-5-7-10-19)25-16-18-11-12-20(17(2)15-18)28(3,26)27;/h5-7,9-12,15,23H,4,8,13-14,16H2,1-3H3,(H2,22,24,25);1H. The molecule has 0 aromatic heterocycles. The van der Waals surface area contributed by atoms with Gasteiger partial charge >= 0.3 is 0 Å². The Hall–Kier alpha value is -1.81. The lowest BCUT2D eigenvalue weighted by Crippen LogP contribution is -2.38. The molecule has 0 spiro atoms. The van der Waals surface area contributed by atoms with Crippen molar-refractivity contribution in [2.24, 2.45) is 4.99 Å². The maximum absolute atomic E-state index is 11.7. The topological polar surface area (TPSA) is 82.6 Å². The molecule has 0 aliphatic carbocycles. The summed E-state index contributed by atoms with van der Waals surface area (Å²) in [5, 5.41) is 9.95. The molecule has 0 aliphatic heterocycles. The van der Waals surface area contributed by atoms with E-state index < -0.39 is 9.84 Å². The average molecular weight is 530 g/mol. The van der Waals surface area contributed by atoms with Crippen molar-refractivity contribution in [3.63, 3.8) is 0 Å². The smallest absolute Gasteiger partial charge is 0.191 e. The molecule has 0 heterocycles. The van der Waals surface area contributed by atoms with Crippen LogP contribution in [0.4, 0.5) is 5.69 Å². The van der Waals surface area contributed by atoms with Gasteiger partial charge in [-0.15, -0.1) is 24.0 Å². The number of halogens is 1. The number of benzene rings is 2. The van der Waals surface area contributed by atoms with Gasteiger partial charge in [0, 0.05) is 31.6 Å². The highest BCUT2D eigenvalue weighted by Crippen LogP contribution is 2.17. The van der Waals surface area contributed by atoms with Crippen molar-refractivity contribution in [1.82, 2.24) is 10.6 Å². The molecule has 0 amide bonds. The van der Waals surface area contributed by atoms with Crippen LogP contribution in [0.2, 0.25) is 0 Å². The quantitative estimate of drug-likeness (QED) is 0.200. The summed E-state index contributed by atoms with van der Waals surface area (Å²) in [4.78, 5) is 4.97. The molecule has 3 N–H and O–H groups in total. The molecular weight excluding hydrogens is 499 g/mol. The van der Waals surface area contributed by atoms with Crippen LogP contribution in [0.5, 0.6) is 0 Å². The predicted molar refractivity (Wildman–Crippen MR) is 132 cm³/mol. The Kier molecular flexibility index (Phi) is 11.0. The zero-order valence-electron chi connectivity index (χ0n) is 17.2. The second kappa shape index (κ2) is 12.7. The average Bonchev–Trinajstić information content (AvgIpc) is 2.65. The van der Waals surface area contributed by atoms with E-state index in [4.69, 9.17) is 0 Å². The number of sulfone groups is 1. The highest BCUT2D eigenvalue weighted by Gasteiger charge is 2.10. The Labute approximate surface area is 191 Å². The van der Waals surface area contributed by atoms with Gasteiger partial charge < -0.3 is 16.0 Å². The molecule has 29 heavy (non-hydrogen) atoms. The summed E-state index contributed by atoms with van der Waals surface area (Å²) in [6.07, 6.45) is 2.19. The van der Waals surface area contributed by atoms with Crippen molar-refractivity contribution < 1.29 is 8.42 Å². The maximum Gasteiger partial charge on any atom is 0.191 e. The van der Waals surface area contributed by atoms with Crippen LogP contribution in [-0.4, -0.2) is 40.3 Å². The number of rotatable bonds is 9. The Morgan fingerprint density at radius 1 is 1.03 bits per heavy atom. The molecule has 0 atom stereocenters. The van der Waals surface area contributed by atoms with Gasteiger partial charge in [-0.2, -0.15) is 0 Å². The van der Waals surface area contributed by atoms with Gasteiger partial charge in [-0.1, -0.05) is 30.3 Å². The fourth-order valence-electron chi connectivity index (χ4n) is 2.82. The number of nitrogens with zero attached hydrogens (tertiary/aromatic N) is 1. The third-order valence-electron chi connectivity index (χ3n) is 4.15. The van der Waals surface area contributed by atoms with E-state index in [1.54, 1.807) is 6.07 Å². The van der Waals surface area contributed by atoms with Gasteiger partial charge in [-0.25, -0.2) is 13.4 Å². The van der Waals surface area contributed by atoms with Gasteiger partial charge in [0.05, 0.1) is 11.4 Å². The van der Waals surface area contributed by atoms with Crippen LogP contribution in [0, 0.1) is 6.92 Å². The monoisotopic (exact) mass is 530 g/mol. The van der Waals surface area contributed by atoms with Crippen LogP contribution in [0.1, 0.15) is 24.5 Å². The van der Waals surface area contributed by atoms with E-state index in [0.717, 1.165) is 48.8 Å². The van der Waals surface area contributed by atoms with E-state index in [9.17, 15) is 8.42 Å². The summed E-state index contributed by atoms with van der Waals surface area (Å²) < 4.78 is 23.5. The molecule has 0 saturated carbocycles. The number of para-hydroxylation sites is 1. The second-order valence-corrected chi connectivity index (χ2v) is 8.62. The molecule has 2 aromatic rings. The molecular formula is C21H31IN4O2S. The fourth-order valence-corrected chi connectivity index (χ4v) is 3.78. The van der Waals surface area contributed by atoms with E-state index in [0.29, 0.717) is 11.4 Å². The maximum atomic E-state index is 11.7. The molecule has 0 aliphatic rings. The Morgan fingerprint density at radius 2 is 1.76 bits per heavy atom. The molecule has 6 nitrogen and oxygen atoms in total. The van der Waals surface area contributed by atoms with Crippen molar-refractivity contribution >= 4 is 45.5 Å². The first-order chi connectivity index (χ1) is 13.4. The zero-order chi connectivity index (χ0) is 20.4. The van der Waals surface area contributed by atoms with Crippen molar-refractivity contribution in [3.05, 3.63) is 59.7 Å². The number of anilines is 1. The third kappa shape index (κ3) is 9.03. The number of hydrogen-bond acceptors (Lipinski definition) is 4. The second-order valence-electron chi connectivity index (χ2n) is 6.64. The minimum Gasteiger partial charge on any atom is -0.385 e. The summed E-state index contributed by atoms with van der Waals surface area (Å²) >= 11 is 0. The number of nitrogens with one attached hydrogen (secondary N) is 3. The van der Waals surface area contributed by atoms with Gasteiger partial charge in [0.25, 0.3) is 0 Å². The van der Waals surface area contributed by atoms with Gasteiger partial charge in [0.15, 0.2) is 15.8 Å². The van der Waals surface area contributed by atoms with Gasteiger partial charge in [-0.3, -0.25) is 0 Å². The number of hydrogen-bond donors (Lipinski definition) is 3. The summed E-state index contributed by atoms with van der Waals surface area (Å²) in [6, 6.07) is 15.5. The van der Waals surface area contributed by atoms with Crippen LogP contribution < -0.4 is 16.0 Å². The molecule has 8 heteroatoms. The van der Waals surface area contributed by atoms with E-state index in [2.05, 4.69) is 33.1 Å². The van der Waals surface area contributed by atoms with Crippen molar-refractivity contribution in [3.8, 4) is 0 Å².